The Hall–Kier alpha value is -4.24. The molecule has 5 aromatic rings. The maximum atomic E-state index is 13.7. The van der Waals surface area contributed by atoms with Gasteiger partial charge in [0.05, 0.1) is 46.9 Å². The average molecular weight is 531 g/mol. The topological polar surface area (TPSA) is 103 Å². The summed E-state index contributed by atoms with van der Waals surface area (Å²) in [5, 5.41) is 8.04. The van der Waals surface area contributed by atoms with Crippen LogP contribution in [0.15, 0.2) is 67.4 Å². The lowest BCUT2D eigenvalue weighted by atomic mass is 9.99. The summed E-state index contributed by atoms with van der Waals surface area (Å²) in [5.41, 5.74) is 3.58. The molecule has 1 amide bonds. The monoisotopic (exact) mass is 530 g/mol. The zero-order valence-corrected chi connectivity index (χ0v) is 22.2. The molecule has 1 N–H and O–H groups in total. The zero-order valence-electron chi connectivity index (χ0n) is 21.5. The minimum atomic E-state index is -0.662. The molecular formula is C28H27ClN6O3. The van der Waals surface area contributed by atoms with Gasteiger partial charge in [0.25, 0.3) is 5.91 Å². The SMILES string of the molecule is CC(NC(=O)c1c(CC(=O)OC(C)(C)C)nn2cccnc12)c1cc(Cl)c2cncn2c1-c1ccccc1. The maximum Gasteiger partial charge on any atom is 0.312 e. The third kappa shape index (κ3) is 4.97. The molecular weight excluding hydrogens is 504 g/mol. The lowest BCUT2D eigenvalue weighted by molar-refractivity contribution is -0.154. The standard InChI is InChI=1S/C28H27ClN6O3/c1-17(19-13-20(29)22-15-30-16-34(22)25(19)18-9-6-5-7-10-18)32-27(37)24-21(14-23(36)38-28(2,3)4)33-35-12-8-11-31-26(24)35/h5-13,15-17H,14H2,1-4H3,(H,32,37). The fourth-order valence-electron chi connectivity index (χ4n) is 4.45. The number of rotatable bonds is 6. The van der Waals surface area contributed by atoms with Crippen molar-refractivity contribution in [1.82, 2.24) is 29.3 Å². The van der Waals surface area contributed by atoms with Crippen molar-refractivity contribution >= 4 is 34.6 Å². The Morgan fingerprint density at radius 1 is 1.16 bits per heavy atom. The average Bonchev–Trinajstić information content (AvgIpc) is 3.48. The predicted octanol–water partition coefficient (Wildman–Crippen LogP) is 5.07. The maximum absolute atomic E-state index is 13.7. The van der Waals surface area contributed by atoms with E-state index in [1.807, 2.05) is 47.7 Å². The number of carbonyl (C=O) groups excluding carboxylic acids is 2. The van der Waals surface area contributed by atoms with Gasteiger partial charge in [0.1, 0.15) is 11.2 Å². The Labute approximate surface area is 224 Å². The summed E-state index contributed by atoms with van der Waals surface area (Å²) in [5.74, 6) is -0.891. The van der Waals surface area contributed by atoms with E-state index in [1.54, 1.807) is 51.8 Å². The molecule has 0 radical (unpaired) electrons. The molecule has 4 heterocycles. The fraction of sp³-hybridized carbons (Fsp3) is 0.250. The van der Waals surface area contributed by atoms with E-state index >= 15 is 0 Å². The number of halogens is 1. The van der Waals surface area contributed by atoms with E-state index in [2.05, 4.69) is 20.4 Å². The number of carbonyl (C=O) groups is 2. The van der Waals surface area contributed by atoms with E-state index < -0.39 is 23.5 Å². The van der Waals surface area contributed by atoms with Crippen LogP contribution in [0.1, 0.15) is 55.4 Å². The highest BCUT2D eigenvalue weighted by Gasteiger charge is 2.27. The van der Waals surface area contributed by atoms with Gasteiger partial charge in [-0.3, -0.25) is 14.0 Å². The van der Waals surface area contributed by atoms with E-state index in [4.69, 9.17) is 16.3 Å². The molecule has 0 aliphatic heterocycles. The fourth-order valence-corrected chi connectivity index (χ4v) is 4.71. The molecule has 0 aliphatic carbocycles. The summed E-state index contributed by atoms with van der Waals surface area (Å²) < 4.78 is 8.88. The van der Waals surface area contributed by atoms with Gasteiger partial charge in [-0.2, -0.15) is 5.10 Å². The van der Waals surface area contributed by atoms with Crippen LogP contribution in [0.4, 0.5) is 0 Å². The number of benzene rings is 1. The summed E-state index contributed by atoms with van der Waals surface area (Å²) >= 11 is 6.61. The molecule has 5 rings (SSSR count). The quantitative estimate of drug-likeness (QED) is 0.307. The Morgan fingerprint density at radius 3 is 2.66 bits per heavy atom. The van der Waals surface area contributed by atoms with Crippen molar-refractivity contribution in [3.63, 3.8) is 0 Å². The lowest BCUT2D eigenvalue weighted by Crippen LogP contribution is -2.29. The molecule has 0 spiro atoms. The van der Waals surface area contributed by atoms with Crippen LogP contribution in [0, 0.1) is 0 Å². The number of esters is 1. The van der Waals surface area contributed by atoms with Crippen molar-refractivity contribution in [2.45, 2.75) is 45.8 Å². The van der Waals surface area contributed by atoms with Gasteiger partial charge in [0, 0.05) is 18.0 Å². The second-order valence-corrected chi connectivity index (χ2v) is 10.4. The summed E-state index contributed by atoms with van der Waals surface area (Å²) in [4.78, 5) is 35.0. The summed E-state index contributed by atoms with van der Waals surface area (Å²) in [6.07, 6.45) is 6.50. The van der Waals surface area contributed by atoms with Gasteiger partial charge in [-0.15, -0.1) is 0 Å². The Bertz CT molecular complexity index is 1650. The minimum Gasteiger partial charge on any atom is -0.460 e. The van der Waals surface area contributed by atoms with Gasteiger partial charge in [-0.25, -0.2) is 14.5 Å². The van der Waals surface area contributed by atoms with Crippen LogP contribution in [-0.4, -0.2) is 41.5 Å². The molecule has 0 fully saturated rings. The third-order valence-corrected chi connectivity index (χ3v) is 6.27. The molecule has 0 saturated heterocycles. The van der Waals surface area contributed by atoms with Gasteiger partial charge in [-0.1, -0.05) is 41.9 Å². The summed E-state index contributed by atoms with van der Waals surface area (Å²) in [7, 11) is 0. The summed E-state index contributed by atoms with van der Waals surface area (Å²) in [6, 6.07) is 12.9. The number of aromatic nitrogens is 5. The van der Waals surface area contributed by atoms with Crippen LogP contribution in [0.3, 0.4) is 0 Å². The number of imidazole rings is 1. The Kier molecular flexibility index (Phi) is 6.62. The van der Waals surface area contributed by atoms with E-state index in [1.165, 1.54) is 4.52 Å². The normalized spacial score (nSPS) is 12.6. The smallest absolute Gasteiger partial charge is 0.312 e. The highest BCUT2D eigenvalue weighted by Crippen LogP contribution is 2.33. The molecule has 0 aliphatic rings. The van der Waals surface area contributed by atoms with Gasteiger partial charge >= 0.3 is 5.97 Å². The van der Waals surface area contributed by atoms with Crippen molar-refractivity contribution in [3.8, 4) is 11.3 Å². The first kappa shape index (κ1) is 25.4. The minimum absolute atomic E-state index is 0.167. The molecule has 10 heteroatoms. The number of hydrogen-bond acceptors (Lipinski definition) is 6. The van der Waals surface area contributed by atoms with Crippen molar-refractivity contribution in [3.05, 3.63) is 89.2 Å². The van der Waals surface area contributed by atoms with E-state index in [9.17, 15) is 9.59 Å². The van der Waals surface area contributed by atoms with Crippen LogP contribution < -0.4 is 5.32 Å². The zero-order chi connectivity index (χ0) is 27.0. The Balaban J connectivity index is 1.53. The van der Waals surface area contributed by atoms with Crippen LogP contribution in [0.25, 0.3) is 22.4 Å². The van der Waals surface area contributed by atoms with Crippen molar-refractivity contribution in [2.24, 2.45) is 0 Å². The molecule has 1 atom stereocenters. The third-order valence-electron chi connectivity index (χ3n) is 5.97. The molecule has 4 aromatic heterocycles. The van der Waals surface area contributed by atoms with Crippen molar-refractivity contribution < 1.29 is 14.3 Å². The van der Waals surface area contributed by atoms with E-state index in [0.29, 0.717) is 10.7 Å². The van der Waals surface area contributed by atoms with Gasteiger partial charge in [-0.05, 0) is 45.4 Å². The Morgan fingerprint density at radius 2 is 1.92 bits per heavy atom. The number of nitrogens with one attached hydrogen (secondary N) is 1. The molecule has 194 valence electrons. The predicted molar refractivity (Wildman–Crippen MR) is 144 cm³/mol. The first-order valence-electron chi connectivity index (χ1n) is 12.2. The van der Waals surface area contributed by atoms with Gasteiger partial charge < -0.3 is 10.1 Å². The first-order valence-corrected chi connectivity index (χ1v) is 12.5. The van der Waals surface area contributed by atoms with Crippen LogP contribution in [0.2, 0.25) is 5.02 Å². The van der Waals surface area contributed by atoms with Gasteiger partial charge in [0.2, 0.25) is 0 Å². The number of ether oxygens (including phenoxy) is 1. The number of nitrogens with zero attached hydrogens (tertiary/aromatic N) is 5. The molecule has 38 heavy (non-hydrogen) atoms. The molecule has 9 nitrogen and oxygen atoms in total. The molecule has 0 saturated carbocycles. The number of hydrogen-bond donors (Lipinski definition) is 1. The number of pyridine rings is 1. The lowest BCUT2D eigenvalue weighted by Gasteiger charge is -2.21. The van der Waals surface area contributed by atoms with Crippen molar-refractivity contribution in [1.29, 1.82) is 0 Å². The summed E-state index contributed by atoms with van der Waals surface area (Å²) in [6.45, 7) is 7.25. The second-order valence-electron chi connectivity index (χ2n) is 9.98. The van der Waals surface area contributed by atoms with E-state index in [0.717, 1.165) is 22.3 Å². The van der Waals surface area contributed by atoms with Crippen LogP contribution in [-0.2, 0) is 16.0 Å². The highest BCUT2D eigenvalue weighted by atomic mass is 35.5. The number of fused-ring (bicyclic) bond motifs is 2. The van der Waals surface area contributed by atoms with Crippen molar-refractivity contribution in [2.75, 3.05) is 0 Å². The largest absolute Gasteiger partial charge is 0.460 e. The second kappa shape index (κ2) is 9.90. The molecule has 0 bridgehead atoms. The van der Waals surface area contributed by atoms with Crippen LogP contribution >= 0.6 is 11.6 Å². The number of amides is 1. The molecule has 1 aromatic carbocycles. The van der Waals surface area contributed by atoms with E-state index in [-0.39, 0.29) is 17.7 Å². The highest BCUT2D eigenvalue weighted by molar-refractivity contribution is 6.34. The first-order chi connectivity index (χ1) is 18.1. The molecule has 1 unspecified atom stereocenters. The van der Waals surface area contributed by atoms with Gasteiger partial charge in [0.15, 0.2) is 5.65 Å². The van der Waals surface area contributed by atoms with Crippen LogP contribution in [0.5, 0.6) is 0 Å².